The molecule has 0 radical (unpaired) electrons. The van der Waals surface area contributed by atoms with Crippen molar-refractivity contribution >= 4 is 11.9 Å². The van der Waals surface area contributed by atoms with Gasteiger partial charge in [0, 0.05) is 11.1 Å². The molecular weight excluding hydrogens is 526 g/mol. The molecule has 0 bridgehead atoms. The van der Waals surface area contributed by atoms with Crippen molar-refractivity contribution in [3.63, 3.8) is 0 Å². The Kier molecular flexibility index (Phi) is 7.85. The molecule has 0 saturated heterocycles. The van der Waals surface area contributed by atoms with E-state index in [4.69, 9.17) is 9.47 Å². The Morgan fingerprint density at radius 3 is 1.23 bits per heavy atom. The average molecular weight is 548 g/mol. The number of rotatable bonds is 6. The van der Waals surface area contributed by atoms with Gasteiger partial charge in [-0.2, -0.15) is 26.3 Å². The predicted molar refractivity (Wildman–Crippen MR) is 130 cm³/mol. The van der Waals surface area contributed by atoms with Gasteiger partial charge in [0.15, 0.2) is 0 Å². The highest BCUT2D eigenvalue weighted by atomic mass is 19.4. The van der Waals surface area contributed by atoms with Gasteiger partial charge >= 0.3 is 24.3 Å². The van der Waals surface area contributed by atoms with Gasteiger partial charge in [-0.1, -0.05) is 60.7 Å². The molecule has 2 aliphatic carbocycles. The van der Waals surface area contributed by atoms with Gasteiger partial charge in [0.05, 0.1) is 0 Å². The zero-order valence-corrected chi connectivity index (χ0v) is 20.3. The van der Waals surface area contributed by atoms with E-state index in [-0.39, 0.29) is 11.5 Å². The first-order valence-electron chi connectivity index (χ1n) is 11.9. The second-order valence-electron chi connectivity index (χ2n) is 8.89. The first kappa shape index (κ1) is 27.9. The summed E-state index contributed by atoms with van der Waals surface area (Å²) in [4.78, 5) is 24.5. The molecule has 2 aromatic carbocycles. The summed E-state index contributed by atoms with van der Waals surface area (Å²) in [5.74, 6) is -1.89. The van der Waals surface area contributed by atoms with Crippen LogP contribution in [0.1, 0.15) is 36.8 Å². The molecule has 0 saturated carbocycles. The topological polar surface area (TPSA) is 52.6 Å². The summed E-state index contributed by atoms with van der Waals surface area (Å²) < 4.78 is 96.9. The molecule has 2 aliphatic rings. The number of halogens is 6. The van der Waals surface area contributed by atoms with Gasteiger partial charge in [0.25, 0.3) is 0 Å². The lowest BCUT2D eigenvalue weighted by Crippen LogP contribution is -2.54. The summed E-state index contributed by atoms with van der Waals surface area (Å²) in [6, 6.07) is 6.10. The van der Waals surface area contributed by atoms with Gasteiger partial charge in [-0.05, 0) is 61.1 Å². The highest BCUT2D eigenvalue weighted by Gasteiger charge is 2.72. The summed E-state index contributed by atoms with van der Waals surface area (Å²) >= 11 is 0. The zero-order valence-electron chi connectivity index (χ0n) is 20.3. The molecule has 4 nitrogen and oxygen atoms in total. The smallest absolute Gasteiger partial charge is 0.411 e. The molecule has 0 N–H and O–H groups in total. The van der Waals surface area contributed by atoms with E-state index in [2.05, 4.69) is 0 Å². The summed E-state index contributed by atoms with van der Waals surface area (Å²) in [7, 11) is 0. The number of hydrogen-bond acceptors (Lipinski definition) is 4. The molecule has 0 heterocycles. The monoisotopic (exact) mass is 548 g/mol. The minimum atomic E-state index is -5.81. The molecule has 2 aromatic rings. The van der Waals surface area contributed by atoms with Crippen LogP contribution in [0.25, 0.3) is 0 Å². The fourth-order valence-electron chi connectivity index (χ4n) is 4.42. The van der Waals surface area contributed by atoms with E-state index < -0.39 is 40.8 Å². The molecule has 0 fully saturated rings. The average Bonchev–Trinajstić information content (AvgIpc) is 2.90. The molecule has 0 amide bonds. The van der Waals surface area contributed by atoms with Crippen molar-refractivity contribution in [2.75, 3.05) is 0 Å². The van der Waals surface area contributed by atoms with E-state index >= 15 is 0 Å². The quantitative estimate of drug-likeness (QED) is 0.214. The third-order valence-corrected chi connectivity index (χ3v) is 6.40. The maximum absolute atomic E-state index is 14.4. The van der Waals surface area contributed by atoms with Crippen LogP contribution in [0.5, 0.6) is 11.5 Å². The van der Waals surface area contributed by atoms with Crippen molar-refractivity contribution in [2.24, 2.45) is 0 Å². The van der Waals surface area contributed by atoms with Crippen LogP contribution in [-0.2, 0) is 15.0 Å². The van der Waals surface area contributed by atoms with Crippen LogP contribution in [0.2, 0.25) is 0 Å². The van der Waals surface area contributed by atoms with Crippen molar-refractivity contribution < 1.29 is 45.4 Å². The zero-order chi connectivity index (χ0) is 28.3. The highest BCUT2D eigenvalue weighted by Crippen LogP contribution is 2.56. The van der Waals surface area contributed by atoms with Crippen LogP contribution in [-0.4, -0.2) is 24.3 Å². The van der Waals surface area contributed by atoms with Crippen molar-refractivity contribution in [2.45, 2.75) is 43.5 Å². The van der Waals surface area contributed by atoms with Crippen LogP contribution in [0.4, 0.5) is 26.3 Å². The number of carbonyl (C=O) groups is 2. The Morgan fingerprint density at radius 1 is 0.590 bits per heavy atom. The van der Waals surface area contributed by atoms with Crippen molar-refractivity contribution in [1.29, 1.82) is 0 Å². The number of esters is 2. The number of alkyl halides is 6. The van der Waals surface area contributed by atoms with E-state index in [0.29, 0.717) is 61.1 Å². The molecule has 204 valence electrons. The van der Waals surface area contributed by atoms with E-state index in [1.807, 2.05) is 12.2 Å². The molecule has 0 spiro atoms. The lowest BCUT2D eigenvalue weighted by atomic mass is 9.73. The second-order valence-corrected chi connectivity index (χ2v) is 8.89. The number of carbonyl (C=O) groups excluding carboxylic acids is 2. The molecule has 0 unspecified atom stereocenters. The number of hydrogen-bond donors (Lipinski definition) is 0. The van der Waals surface area contributed by atoms with E-state index in [1.165, 1.54) is 12.2 Å². The first-order chi connectivity index (χ1) is 18.4. The Hall–Kier alpha value is -4.08. The van der Waals surface area contributed by atoms with Gasteiger partial charge < -0.3 is 9.47 Å². The normalized spacial score (nSPS) is 15.8. The third-order valence-electron chi connectivity index (χ3n) is 6.40. The summed E-state index contributed by atoms with van der Waals surface area (Å²) in [5, 5.41) is 0. The lowest BCUT2D eigenvalue weighted by Gasteiger charge is -2.38. The second kappa shape index (κ2) is 11.0. The van der Waals surface area contributed by atoms with E-state index in [0.717, 1.165) is 24.3 Å². The van der Waals surface area contributed by atoms with Gasteiger partial charge in [0.1, 0.15) is 11.5 Å². The number of ether oxygens (including phenoxy) is 2. The standard InChI is InChI=1S/C29H22F6O4/c30-28(31,32)27(29(33,34)35,21-11-15-23(16-12-21)38-25(36)19-7-3-1-4-8-19)22-13-17-24(18-14-22)39-26(37)20-9-5-2-6-10-20/h1-3,5,7,9,11-18H,4,6,8,10H2. The molecule has 0 atom stereocenters. The maximum atomic E-state index is 14.4. The molecular formula is C29H22F6O4. The highest BCUT2D eigenvalue weighted by molar-refractivity contribution is 5.91. The third kappa shape index (κ3) is 5.69. The minimum Gasteiger partial charge on any atom is -0.423 e. The SMILES string of the molecule is O=C(Oc1ccc(C(c2ccc(OC(=O)C3=CC=CCC3)cc2)(C(F)(F)F)C(F)(F)F)cc1)C1=CC=CCC1. The fourth-order valence-corrected chi connectivity index (χ4v) is 4.42. The van der Waals surface area contributed by atoms with Crippen LogP contribution in [0.3, 0.4) is 0 Å². The van der Waals surface area contributed by atoms with Crippen molar-refractivity contribution in [3.05, 3.63) is 107 Å². The number of benzene rings is 2. The van der Waals surface area contributed by atoms with Gasteiger partial charge in [-0.25, -0.2) is 9.59 Å². The fraction of sp³-hybridized carbons (Fsp3) is 0.241. The van der Waals surface area contributed by atoms with Crippen LogP contribution < -0.4 is 9.47 Å². The molecule has 39 heavy (non-hydrogen) atoms. The van der Waals surface area contributed by atoms with E-state index in [9.17, 15) is 35.9 Å². The maximum Gasteiger partial charge on any atom is 0.411 e. The number of allylic oxidation sites excluding steroid dienone is 6. The summed E-state index contributed by atoms with van der Waals surface area (Å²) in [6.07, 6.45) is 0.439. The molecule has 4 rings (SSSR count). The summed E-state index contributed by atoms with van der Waals surface area (Å²) in [5.41, 5.74) is -5.98. The molecule has 10 heteroatoms. The largest absolute Gasteiger partial charge is 0.423 e. The van der Waals surface area contributed by atoms with Gasteiger partial charge in [0.2, 0.25) is 5.41 Å². The van der Waals surface area contributed by atoms with Crippen LogP contribution in [0.15, 0.2) is 96.1 Å². The van der Waals surface area contributed by atoms with Crippen LogP contribution in [0, 0.1) is 0 Å². The Balaban J connectivity index is 1.66. The van der Waals surface area contributed by atoms with Crippen LogP contribution >= 0.6 is 0 Å². The Labute approximate surface area is 219 Å². The van der Waals surface area contributed by atoms with Crippen molar-refractivity contribution in [3.8, 4) is 11.5 Å². The van der Waals surface area contributed by atoms with Crippen molar-refractivity contribution in [1.82, 2.24) is 0 Å². The lowest BCUT2D eigenvalue weighted by molar-refractivity contribution is -0.288. The predicted octanol–water partition coefficient (Wildman–Crippen LogP) is 7.46. The van der Waals surface area contributed by atoms with Gasteiger partial charge in [-0.15, -0.1) is 0 Å². The Bertz CT molecular complexity index is 1240. The first-order valence-corrected chi connectivity index (χ1v) is 11.9. The molecule has 0 aromatic heterocycles. The molecule has 0 aliphatic heterocycles. The Morgan fingerprint density at radius 2 is 0.949 bits per heavy atom. The summed E-state index contributed by atoms with van der Waals surface area (Å²) in [6.45, 7) is 0. The van der Waals surface area contributed by atoms with Gasteiger partial charge in [-0.3, -0.25) is 0 Å². The minimum absolute atomic E-state index is 0.202. The van der Waals surface area contributed by atoms with E-state index in [1.54, 1.807) is 12.2 Å².